The molecule has 2 saturated carbocycles. The van der Waals surface area contributed by atoms with Gasteiger partial charge in [0, 0.05) is 22.4 Å². The maximum Gasteiger partial charge on any atom is 0.0546 e. The molecule has 0 saturated heterocycles. The molecule has 1 nitrogen and oxygen atoms in total. The zero-order chi connectivity index (χ0) is 39.3. The predicted molar refractivity (Wildman–Crippen MR) is 250 cm³/mol. The van der Waals surface area contributed by atoms with E-state index < -0.39 is 0 Å². The lowest BCUT2D eigenvalue weighted by molar-refractivity contribution is 0.463. The molecule has 0 heterocycles. The predicted octanol–water partition coefficient (Wildman–Crippen LogP) is 17.5. The molecule has 9 rings (SSSR count). The van der Waals surface area contributed by atoms with Crippen LogP contribution in [0.5, 0.6) is 0 Å². The fourth-order valence-electron chi connectivity index (χ4n) is 11.2. The molecule has 0 aromatic heterocycles. The third kappa shape index (κ3) is 7.91. The number of nitrogens with zero attached hydrogens (tertiary/aromatic N) is 1. The van der Waals surface area contributed by atoms with Crippen molar-refractivity contribution in [3.8, 4) is 22.3 Å². The van der Waals surface area contributed by atoms with Gasteiger partial charge in [-0.1, -0.05) is 201 Å². The molecule has 0 radical (unpaired) electrons. The molecule has 298 valence electrons. The van der Waals surface area contributed by atoms with Gasteiger partial charge in [0.25, 0.3) is 0 Å². The third-order valence-electron chi connectivity index (χ3n) is 14.5. The molecule has 0 amide bonds. The molecule has 0 spiro atoms. The summed E-state index contributed by atoms with van der Waals surface area (Å²) in [5.41, 5.74) is 14.9. The van der Waals surface area contributed by atoms with Gasteiger partial charge in [-0.3, -0.25) is 0 Å². The molecule has 0 aliphatic heterocycles. The van der Waals surface area contributed by atoms with Crippen LogP contribution in [0.25, 0.3) is 33.0 Å². The Bertz CT molecular complexity index is 2200. The summed E-state index contributed by atoms with van der Waals surface area (Å²) in [5, 5.41) is 2.58. The Morgan fingerprint density at radius 3 is 1.43 bits per heavy atom. The van der Waals surface area contributed by atoms with Crippen molar-refractivity contribution in [1.82, 2.24) is 0 Å². The summed E-state index contributed by atoms with van der Waals surface area (Å²) in [6, 6.07) is 49.7. The van der Waals surface area contributed by atoms with Crippen molar-refractivity contribution < 1.29 is 0 Å². The van der Waals surface area contributed by atoms with Crippen LogP contribution in [0, 0.1) is 0 Å². The Morgan fingerprint density at radius 2 is 0.862 bits per heavy atom. The highest BCUT2D eigenvalue weighted by atomic mass is 15.1. The Labute approximate surface area is 349 Å². The first-order valence-corrected chi connectivity index (χ1v) is 23.3. The average Bonchev–Trinajstić information content (AvgIpc) is 3.51. The van der Waals surface area contributed by atoms with Gasteiger partial charge in [0.2, 0.25) is 0 Å². The van der Waals surface area contributed by atoms with Crippen LogP contribution in [0.15, 0.2) is 127 Å². The Balaban J connectivity index is 1.19. The molecular weight excluding hydrogens is 699 g/mol. The summed E-state index contributed by atoms with van der Waals surface area (Å²) < 4.78 is 0. The van der Waals surface area contributed by atoms with Gasteiger partial charge in [-0.15, -0.1) is 0 Å². The average molecular weight is 764 g/mol. The minimum atomic E-state index is -0.0671. The van der Waals surface area contributed by atoms with Gasteiger partial charge in [0.15, 0.2) is 0 Å². The van der Waals surface area contributed by atoms with Gasteiger partial charge in [0.05, 0.1) is 5.69 Å². The van der Waals surface area contributed by atoms with Crippen LogP contribution in [-0.2, 0) is 5.41 Å². The smallest absolute Gasteiger partial charge is 0.0546 e. The van der Waals surface area contributed by atoms with Crippen LogP contribution in [0.2, 0.25) is 0 Å². The molecule has 58 heavy (non-hydrogen) atoms. The van der Waals surface area contributed by atoms with E-state index in [1.165, 1.54) is 188 Å². The molecule has 3 aliphatic rings. The molecule has 0 unspecified atom stereocenters. The summed E-state index contributed by atoms with van der Waals surface area (Å²) in [7, 11) is 0. The zero-order valence-electron chi connectivity index (χ0n) is 35.5. The van der Waals surface area contributed by atoms with E-state index in [1.807, 2.05) is 0 Å². The highest BCUT2D eigenvalue weighted by Crippen LogP contribution is 2.55. The van der Waals surface area contributed by atoms with Crippen molar-refractivity contribution in [2.24, 2.45) is 0 Å². The fraction of sp³-hybridized carbons (Fsp3) is 0.404. The highest BCUT2D eigenvalue weighted by molar-refractivity contribution is 6.09. The first-order valence-electron chi connectivity index (χ1n) is 23.3. The Kier molecular flexibility index (Phi) is 11.9. The van der Waals surface area contributed by atoms with E-state index in [4.69, 9.17) is 0 Å². The first kappa shape index (κ1) is 38.9. The second-order valence-corrected chi connectivity index (χ2v) is 18.6. The van der Waals surface area contributed by atoms with Crippen LogP contribution < -0.4 is 4.90 Å². The quantitative estimate of drug-likeness (QED) is 0.163. The van der Waals surface area contributed by atoms with Crippen LogP contribution in [0.3, 0.4) is 0 Å². The summed E-state index contributed by atoms with van der Waals surface area (Å²) in [4.78, 5) is 2.58. The lowest BCUT2D eigenvalue weighted by Gasteiger charge is -2.30. The number of fused-ring (bicyclic) bond motifs is 4. The molecular formula is C57H65N. The largest absolute Gasteiger partial charge is 0.310 e. The number of hydrogen-bond donors (Lipinski definition) is 0. The number of benzene rings is 6. The number of rotatable bonds is 6. The van der Waals surface area contributed by atoms with Crippen LogP contribution in [0.4, 0.5) is 17.1 Å². The number of anilines is 3. The molecule has 6 aromatic rings. The van der Waals surface area contributed by atoms with Crippen LogP contribution in [-0.4, -0.2) is 0 Å². The van der Waals surface area contributed by atoms with E-state index in [0.717, 1.165) is 0 Å². The van der Waals surface area contributed by atoms with Crippen molar-refractivity contribution in [1.29, 1.82) is 0 Å². The van der Waals surface area contributed by atoms with Crippen molar-refractivity contribution in [3.05, 3.63) is 150 Å². The van der Waals surface area contributed by atoms with E-state index in [1.54, 1.807) is 0 Å². The first-order chi connectivity index (χ1) is 28.6. The standard InChI is InChI=1S/C57H65N/c1-57(2)52-30-20-19-28-50(52)55-51(29-21-31-53(55)57)56-49-27-18-17-26-46(49)36-41-54(56)58(47-37-32-44(33-38-47)42-22-13-9-5-3-6-10-14-23-42)48-39-34-45(35-40-48)43-24-15-11-7-4-8-12-16-25-43/h17-21,26-43H,3-16,22-25H2,1-2H3. The normalized spacial score (nSPS) is 18.3. The summed E-state index contributed by atoms with van der Waals surface area (Å²) in [5.74, 6) is 1.31. The summed E-state index contributed by atoms with van der Waals surface area (Å²) >= 11 is 0. The number of hydrogen-bond acceptors (Lipinski definition) is 1. The third-order valence-corrected chi connectivity index (χ3v) is 14.5. The Morgan fingerprint density at radius 1 is 0.397 bits per heavy atom. The molecule has 0 atom stereocenters. The van der Waals surface area contributed by atoms with Crippen molar-refractivity contribution in [2.45, 2.75) is 147 Å². The van der Waals surface area contributed by atoms with E-state index in [-0.39, 0.29) is 5.41 Å². The summed E-state index contributed by atoms with van der Waals surface area (Å²) in [6.45, 7) is 4.80. The van der Waals surface area contributed by atoms with Gasteiger partial charge in [-0.2, -0.15) is 0 Å². The molecule has 2 fully saturated rings. The minimum Gasteiger partial charge on any atom is -0.310 e. The minimum absolute atomic E-state index is 0.0671. The van der Waals surface area contributed by atoms with E-state index in [2.05, 4.69) is 146 Å². The SMILES string of the molecule is CC1(C)c2ccccc2-c2c(-c3c(N(c4ccc(C5CCCCCCCCC5)cc4)c4ccc(C5CCCCCCCCC5)cc4)ccc4ccccc34)cccc21. The van der Waals surface area contributed by atoms with Gasteiger partial charge in [-0.25, -0.2) is 0 Å². The van der Waals surface area contributed by atoms with Crippen LogP contribution in [0.1, 0.15) is 164 Å². The summed E-state index contributed by atoms with van der Waals surface area (Å²) in [6.07, 6.45) is 24.7. The molecule has 0 bridgehead atoms. The van der Waals surface area contributed by atoms with Gasteiger partial charge < -0.3 is 4.90 Å². The second-order valence-electron chi connectivity index (χ2n) is 18.6. The van der Waals surface area contributed by atoms with Crippen molar-refractivity contribution in [3.63, 3.8) is 0 Å². The maximum absolute atomic E-state index is 2.58. The lowest BCUT2D eigenvalue weighted by Crippen LogP contribution is -2.15. The van der Waals surface area contributed by atoms with E-state index in [0.29, 0.717) is 11.8 Å². The zero-order valence-corrected chi connectivity index (χ0v) is 35.5. The van der Waals surface area contributed by atoms with Crippen molar-refractivity contribution >= 4 is 27.8 Å². The van der Waals surface area contributed by atoms with Crippen molar-refractivity contribution in [2.75, 3.05) is 4.90 Å². The van der Waals surface area contributed by atoms with Gasteiger partial charge in [-0.05, 0) is 118 Å². The lowest BCUT2D eigenvalue weighted by atomic mass is 9.81. The molecule has 3 aliphatic carbocycles. The van der Waals surface area contributed by atoms with Gasteiger partial charge in [0.1, 0.15) is 0 Å². The molecule has 6 aromatic carbocycles. The maximum atomic E-state index is 2.58. The monoisotopic (exact) mass is 764 g/mol. The molecule has 0 N–H and O–H groups in total. The second kappa shape index (κ2) is 17.7. The van der Waals surface area contributed by atoms with Crippen LogP contribution >= 0.6 is 0 Å². The van der Waals surface area contributed by atoms with Gasteiger partial charge >= 0.3 is 0 Å². The van der Waals surface area contributed by atoms with E-state index >= 15 is 0 Å². The topological polar surface area (TPSA) is 3.24 Å². The fourth-order valence-corrected chi connectivity index (χ4v) is 11.2. The Hall–Kier alpha value is -4.62. The molecule has 1 heteroatoms. The van der Waals surface area contributed by atoms with E-state index in [9.17, 15) is 0 Å². The highest BCUT2D eigenvalue weighted by Gasteiger charge is 2.37.